The number of rotatable bonds is 4. The molecule has 0 unspecified atom stereocenters. The van der Waals surface area contributed by atoms with Crippen LogP contribution in [0.5, 0.6) is 0 Å². The Bertz CT molecular complexity index is 654. The Morgan fingerprint density at radius 3 is 2.95 bits per heavy atom. The summed E-state index contributed by atoms with van der Waals surface area (Å²) < 4.78 is 1.60. The maximum atomic E-state index is 7.45. The van der Waals surface area contributed by atoms with Crippen LogP contribution in [0.25, 0.3) is 16.6 Å². The third kappa shape index (κ3) is 2.66. The van der Waals surface area contributed by atoms with Gasteiger partial charge in [-0.3, -0.25) is 4.84 Å². The molecule has 98 valence electrons. The zero-order valence-corrected chi connectivity index (χ0v) is 11.4. The number of nitrogens with one attached hydrogen (secondary N) is 2. The maximum Gasteiger partial charge on any atom is 0.283 e. The maximum absolute atomic E-state index is 7.45. The molecule has 0 aromatic carbocycles. The molecule has 0 aliphatic carbocycles. The first-order chi connectivity index (χ1) is 9.19. The summed E-state index contributed by atoms with van der Waals surface area (Å²) in [4.78, 5) is 9.56. The molecule has 2 heterocycles. The van der Waals surface area contributed by atoms with E-state index in [9.17, 15) is 0 Å². The van der Waals surface area contributed by atoms with Crippen molar-refractivity contribution >= 4 is 34.4 Å². The Kier molecular flexibility index (Phi) is 3.97. The van der Waals surface area contributed by atoms with Crippen LogP contribution in [0.2, 0.25) is 5.15 Å². The van der Waals surface area contributed by atoms with E-state index in [0.717, 1.165) is 16.7 Å². The van der Waals surface area contributed by atoms with Crippen molar-refractivity contribution < 1.29 is 9.57 Å². The fraction of sp³-hybridized carbons (Fsp3) is 0.154. The number of pyridine rings is 2. The number of hydrogen-bond acceptors (Lipinski definition) is 4. The monoisotopic (exact) mass is 277 g/mol. The van der Waals surface area contributed by atoms with Crippen molar-refractivity contribution in [3.8, 4) is 0 Å². The highest BCUT2D eigenvalue weighted by molar-refractivity contribution is 6.29. The summed E-state index contributed by atoms with van der Waals surface area (Å²) in [5.41, 5.74) is 3.05. The van der Waals surface area contributed by atoms with Gasteiger partial charge in [-0.05, 0) is 12.1 Å². The lowest BCUT2D eigenvalue weighted by molar-refractivity contribution is -0.865. The molecule has 0 spiro atoms. The number of nitrogens with zero attached hydrogens (tertiary/aromatic N) is 2. The van der Waals surface area contributed by atoms with E-state index in [-0.39, 0.29) is 0 Å². The molecule has 5 nitrogen and oxygen atoms in total. The number of aromatic nitrogens is 2. The fourth-order valence-electron chi connectivity index (χ4n) is 1.79. The van der Waals surface area contributed by atoms with Crippen LogP contribution in [0.3, 0.4) is 0 Å². The van der Waals surface area contributed by atoms with Crippen molar-refractivity contribution in [3.05, 3.63) is 41.3 Å². The molecule has 2 aromatic heterocycles. The molecule has 0 atom stereocenters. The predicted octanol–water partition coefficient (Wildman–Crippen LogP) is 1.44. The van der Waals surface area contributed by atoms with E-state index >= 15 is 0 Å². The molecule has 19 heavy (non-hydrogen) atoms. The molecule has 0 saturated carbocycles. The van der Waals surface area contributed by atoms with E-state index < -0.39 is 0 Å². The van der Waals surface area contributed by atoms with Gasteiger partial charge < -0.3 is 10.7 Å². The van der Waals surface area contributed by atoms with Crippen molar-refractivity contribution in [2.45, 2.75) is 0 Å². The fourth-order valence-corrected chi connectivity index (χ4v) is 1.94. The zero-order chi connectivity index (χ0) is 13.8. The molecule has 0 amide bonds. The van der Waals surface area contributed by atoms with E-state index in [2.05, 4.69) is 10.3 Å². The number of hydrogen-bond donors (Lipinski definition) is 2. The van der Waals surface area contributed by atoms with Gasteiger partial charge in [0.25, 0.3) is 5.52 Å². The van der Waals surface area contributed by atoms with Gasteiger partial charge in [-0.2, -0.15) is 0 Å². The smallest absolute Gasteiger partial charge is 0.283 e. The first kappa shape index (κ1) is 13.3. The minimum atomic E-state index is 0.418. The minimum Gasteiger partial charge on any atom is -0.393 e. The lowest BCUT2D eigenvalue weighted by atomic mass is 10.1. The first-order valence-corrected chi connectivity index (χ1v) is 6.02. The van der Waals surface area contributed by atoms with E-state index in [4.69, 9.17) is 21.8 Å². The van der Waals surface area contributed by atoms with Gasteiger partial charge in [0.1, 0.15) is 17.8 Å². The third-order valence-corrected chi connectivity index (χ3v) is 2.85. The van der Waals surface area contributed by atoms with Crippen molar-refractivity contribution in [3.63, 3.8) is 0 Å². The summed E-state index contributed by atoms with van der Waals surface area (Å²) >= 11 is 5.91. The molecule has 2 aromatic rings. The second kappa shape index (κ2) is 5.67. The summed E-state index contributed by atoms with van der Waals surface area (Å²) in [7, 11) is 3.35. The van der Waals surface area contributed by atoms with Gasteiger partial charge in [-0.1, -0.05) is 11.6 Å². The lowest BCUT2D eigenvalue weighted by Gasteiger charge is -2.03. The minimum absolute atomic E-state index is 0.418. The number of allylic oxidation sites excluding steroid dienone is 1. The second-order valence-electron chi connectivity index (χ2n) is 3.81. The van der Waals surface area contributed by atoms with Crippen molar-refractivity contribution in [2.24, 2.45) is 0 Å². The number of fused-ring (bicyclic) bond motifs is 1. The molecular formula is C13H14ClN4O+. The van der Waals surface area contributed by atoms with Crippen LogP contribution in [-0.2, 0) is 0 Å². The van der Waals surface area contributed by atoms with E-state index in [0.29, 0.717) is 10.7 Å². The van der Waals surface area contributed by atoms with E-state index in [1.807, 2.05) is 12.1 Å². The quantitative estimate of drug-likeness (QED) is 0.505. The summed E-state index contributed by atoms with van der Waals surface area (Å²) in [5, 5.41) is 10.8. The Balaban J connectivity index is 2.70. The van der Waals surface area contributed by atoms with Gasteiger partial charge in [0.05, 0.1) is 5.56 Å². The largest absolute Gasteiger partial charge is 0.393 e. The lowest BCUT2D eigenvalue weighted by Crippen LogP contribution is -2.41. The Morgan fingerprint density at radius 1 is 1.53 bits per heavy atom. The highest BCUT2D eigenvalue weighted by Crippen LogP contribution is 2.17. The highest BCUT2D eigenvalue weighted by Gasteiger charge is 2.15. The van der Waals surface area contributed by atoms with Crippen LogP contribution in [0.15, 0.2) is 30.6 Å². The van der Waals surface area contributed by atoms with Gasteiger partial charge in [0.2, 0.25) is 6.20 Å². The van der Waals surface area contributed by atoms with Crippen LogP contribution in [0, 0.1) is 5.41 Å². The van der Waals surface area contributed by atoms with Crippen LogP contribution in [0.1, 0.15) is 5.56 Å². The van der Waals surface area contributed by atoms with Gasteiger partial charge in [0, 0.05) is 35.8 Å². The molecule has 0 bridgehead atoms. The average Bonchev–Trinajstić information content (AvgIpc) is 2.43. The van der Waals surface area contributed by atoms with Gasteiger partial charge in [-0.25, -0.2) is 4.98 Å². The van der Waals surface area contributed by atoms with Gasteiger partial charge >= 0.3 is 0 Å². The SMILES string of the molecule is CN/C=C(\C=N)c1cc2nc(Cl)ccc2[n+](OC)c1. The van der Waals surface area contributed by atoms with E-state index in [1.165, 1.54) is 6.21 Å². The van der Waals surface area contributed by atoms with Crippen molar-refractivity contribution in [2.75, 3.05) is 14.2 Å². The molecule has 0 radical (unpaired) electrons. The molecule has 0 saturated heterocycles. The normalized spacial score (nSPS) is 11.4. The second-order valence-corrected chi connectivity index (χ2v) is 4.20. The van der Waals surface area contributed by atoms with Gasteiger partial charge in [-0.15, -0.1) is 0 Å². The third-order valence-electron chi connectivity index (χ3n) is 2.64. The molecule has 2 rings (SSSR count). The standard InChI is InChI=1S/C13H14ClN4O/c1-16-7-10(6-15)9-5-11-12(18(8-9)19-2)3-4-13(14)17-11/h3-8,15-16H,1-2H3/q+1/b10-7+,15-6?. The first-order valence-electron chi connectivity index (χ1n) is 5.64. The summed E-state index contributed by atoms with van der Waals surface area (Å²) in [6, 6.07) is 5.41. The van der Waals surface area contributed by atoms with Crippen molar-refractivity contribution in [1.82, 2.24) is 10.3 Å². The Labute approximate surface area is 116 Å². The van der Waals surface area contributed by atoms with E-state index in [1.54, 1.807) is 37.4 Å². The van der Waals surface area contributed by atoms with Crippen molar-refractivity contribution in [1.29, 1.82) is 5.41 Å². The van der Waals surface area contributed by atoms with Crippen LogP contribution in [-0.4, -0.2) is 25.4 Å². The van der Waals surface area contributed by atoms with Gasteiger partial charge in [0.15, 0.2) is 0 Å². The molecule has 0 aliphatic heterocycles. The average molecular weight is 278 g/mol. The zero-order valence-electron chi connectivity index (χ0n) is 10.6. The molecule has 0 fully saturated rings. The van der Waals surface area contributed by atoms with Crippen LogP contribution >= 0.6 is 11.6 Å². The Hall–Kier alpha value is -2.14. The molecule has 0 aliphatic rings. The molecule has 6 heteroatoms. The predicted molar refractivity (Wildman–Crippen MR) is 75.3 cm³/mol. The Morgan fingerprint density at radius 2 is 2.32 bits per heavy atom. The molecule has 2 N–H and O–H groups in total. The topological polar surface area (TPSA) is 61.9 Å². The van der Waals surface area contributed by atoms with Crippen LogP contribution in [0.4, 0.5) is 0 Å². The number of halogens is 1. The molecular weight excluding hydrogens is 264 g/mol. The summed E-state index contributed by atoms with van der Waals surface area (Å²) in [6.45, 7) is 0. The van der Waals surface area contributed by atoms with Crippen LogP contribution < -0.4 is 14.9 Å². The summed E-state index contributed by atoms with van der Waals surface area (Å²) in [6.07, 6.45) is 4.80. The summed E-state index contributed by atoms with van der Waals surface area (Å²) in [5.74, 6) is 0. The highest BCUT2D eigenvalue weighted by atomic mass is 35.5.